The first-order valence-corrected chi connectivity index (χ1v) is 14.5. The molecule has 1 amide bonds. The number of benzene rings is 2. The van der Waals surface area contributed by atoms with Gasteiger partial charge in [-0.25, -0.2) is 9.59 Å². The van der Waals surface area contributed by atoms with E-state index in [4.69, 9.17) is 14.6 Å². The monoisotopic (exact) mass is 620 g/mol. The Labute approximate surface area is 256 Å². The molecule has 3 heterocycles. The maximum absolute atomic E-state index is 13.6. The number of halogens is 3. The molecule has 4 aromatic rings. The van der Waals surface area contributed by atoms with Crippen molar-refractivity contribution in [3.8, 4) is 22.4 Å². The minimum atomic E-state index is -5.08. The predicted octanol–water partition coefficient (Wildman–Crippen LogP) is 4.79. The molecule has 3 atom stereocenters. The Balaban J connectivity index is 0.000000460. The maximum Gasteiger partial charge on any atom is 0.490 e. The van der Waals surface area contributed by atoms with Crippen molar-refractivity contribution in [1.29, 1.82) is 0 Å². The van der Waals surface area contributed by atoms with Gasteiger partial charge in [0.2, 0.25) is 0 Å². The zero-order valence-electron chi connectivity index (χ0n) is 24.5. The molecule has 0 bridgehead atoms. The van der Waals surface area contributed by atoms with E-state index in [1.165, 1.54) is 22.3 Å². The van der Waals surface area contributed by atoms with Crippen molar-refractivity contribution in [1.82, 2.24) is 30.2 Å². The Morgan fingerprint density at radius 1 is 0.978 bits per heavy atom. The van der Waals surface area contributed by atoms with Crippen molar-refractivity contribution in [2.75, 3.05) is 19.7 Å². The molecule has 2 N–H and O–H groups in total. The second kappa shape index (κ2) is 12.0. The summed E-state index contributed by atoms with van der Waals surface area (Å²) in [5.74, 6) is -1.77. The third-order valence-electron chi connectivity index (χ3n) is 8.56. The van der Waals surface area contributed by atoms with E-state index in [2.05, 4.69) is 69.1 Å². The predicted molar refractivity (Wildman–Crippen MR) is 157 cm³/mol. The summed E-state index contributed by atoms with van der Waals surface area (Å²) in [5, 5.41) is 23.9. The quantitative estimate of drug-likeness (QED) is 0.316. The van der Waals surface area contributed by atoms with Crippen molar-refractivity contribution in [3.63, 3.8) is 0 Å². The van der Waals surface area contributed by atoms with Crippen LogP contribution in [-0.2, 0) is 23.1 Å². The van der Waals surface area contributed by atoms with Crippen LogP contribution in [0, 0.1) is 18.8 Å². The summed E-state index contributed by atoms with van der Waals surface area (Å²) >= 11 is 0. The Morgan fingerprint density at radius 2 is 1.58 bits per heavy atom. The lowest BCUT2D eigenvalue weighted by Crippen LogP contribution is -2.38. The van der Waals surface area contributed by atoms with Crippen LogP contribution in [-0.4, -0.2) is 74.0 Å². The van der Waals surface area contributed by atoms with Gasteiger partial charge in [0.15, 0.2) is 0 Å². The molecule has 2 aromatic heterocycles. The zero-order valence-corrected chi connectivity index (χ0v) is 24.5. The van der Waals surface area contributed by atoms with Crippen LogP contribution in [0.3, 0.4) is 0 Å². The SMILES string of the molecule is Cc1nn(C)cc1-c1ccc(CN(C(=O)OCC2c3ccccc3-c3ccccc32)C2[C@H]3CNC[C@@H]23)nn1.O=C(O)C(F)(F)F. The topological polar surface area (TPSA) is 122 Å². The summed E-state index contributed by atoms with van der Waals surface area (Å²) in [6, 6.07) is 20.9. The number of nitrogens with zero attached hydrogens (tertiary/aromatic N) is 5. The lowest BCUT2D eigenvalue weighted by molar-refractivity contribution is -0.192. The second-order valence-corrected chi connectivity index (χ2v) is 11.4. The standard InChI is InChI=1S/C30H30N6O2.C2HF3O2/c1-18-26(16-35(2)34-18)28-12-11-19(32-33-28)15-36(29-24-13-31-14-25(24)29)30(37)38-17-27-22-9-5-3-7-20(22)21-8-4-6-10-23(21)27;3-2(4,5)1(6)7/h3-12,16,24-25,27,29,31H,13-15,17H2,1-2H3;(H,6,7)/t24-,25+,29?;. The van der Waals surface area contributed by atoms with Gasteiger partial charge in [-0.2, -0.15) is 28.5 Å². The molecule has 10 nitrogen and oxygen atoms in total. The number of ether oxygens (including phenoxy) is 1. The van der Waals surface area contributed by atoms with Crippen LogP contribution in [0.15, 0.2) is 66.9 Å². The van der Waals surface area contributed by atoms with Gasteiger partial charge in [-0.15, -0.1) is 0 Å². The van der Waals surface area contributed by atoms with Gasteiger partial charge in [0.25, 0.3) is 0 Å². The molecular formula is C32H31F3N6O4. The lowest BCUT2D eigenvalue weighted by atomic mass is 9.98. The number of carboxylic acid groups (broad SMARTS) is 1. The van der Waals surface area contributed by atoms with Crippen LogP contribution in [0.2, 0.25) is 0 Å². The Kier molecular flexibility index (Phi) is 8.04. The molecule has 13 heteroatoms. The summed E-state index contributed by atoms with van der Waals surface area (Å²) in [6.07, 6.45) is -3.42. The minimum Gasteiger partial charge on any atom is -0.475 e. The van der Waals surface area contributed by atoms with E-state index in [9.17, 15) is 18.0 Å². The molecule has 2 aromatic carbocycles. The van der Waals surface area contributed by atoms with Crippen LogP contribution >= 0.6 is 0 Å². The summed E-state index contributed by atoms with van der Waals surface area (Å²) in [6.45, 7) is 4.53. The number of aromatic nitrogens is 4. The van der Waals surface area contributed by atoms with Gasteiger partial charge in [-0.3, -0.25) is 9.58 Å². The number of carbonyl (C=O) groups excluding carboxylic acids is 1. The van der Waals surface area contributed by atoms with E-state index in [0.717, 1.165) is 35.7 Å². The number of hydrogen-bond donors (Lipinski definition) is 2. The highest BCUT2D eigenvalue weighted by Gasteiger charge is 2.57. The average molecular weight is 621 g/mol. The lowest BCUT2D eigenvalue weighted by Gasteiger charge is -2.25. The minimum absolute atomic E-state index is 0.0374. The number of alkyl halides is 3. The van der Waals surface area contributed by atoms with Crippen LogP contribution in [0.1, 0.15) is 28.4 Å². The maximum atomic E-state index is 13.6. The molecule has 2 fully saturated rings. The van der Waals surface area contributed by atoms with Gasteiger partial charge in [-0.05, 0) is 53.1 Å². The number of amides is 1. The van der Waals surface area contributed by atoms with E-state index in [-0.39, 0.29) is 18.1 Å². The normalized spacial score (nSPS) is 19.5. The fourth-order valence-electron chi connectivity index (χ4n) is 6.43. The molecule has 0 radical (unpaired) electrons. The highest BCUT2D eigenvalue weighted by molar-refractivity contribution is 5.79. The summed E-state index contributed by atoms with van der Waals surface area (Å²) in [7, 11) is 1.89. The number of piperidine rings is 1. The number of fused-ring (bicyclic) bond motifs is 4. The van der Waals surface area contributed by atoms with Gasteiger partial charge in [0.1, 0.15) is 6.61 Å². The molecule has 2 aliphatic carbocycles. The number of aryl methyl sites for hydroxylation is 2. The van der Waals surface area contributed by atoms with E-state index >= 15 is 0 Å². The third-order valence-corrected chi connectivity index (χ3v) is 8.56. The van der Waals surface area contributed by atoms with Crippen LogP contribution in [0.25, 0.3) is 22.4 Å². The van der Waals surface area contributed by atoms with E-state index < -0.39 is 12.1 Å². The molecule has 0 spiro atoms. The van der Waals surface area contributed by atoms with Crippen molar-refractivity contribution < 1.29 is 32.6 Å². The van der Waals surface area contributed by atoms with Crippen LogP contribution in [0.4, 0.5) is 18.0 Å². The van der Waals surface area contributed by atoms with Gasteiger partial charge >= 0.3 is 18.2 Å². The highest BCUT2D eigenvalue weighted by Crippen LogP contribution is 2.47. The molecule has 3 aliphatic rings. The van der Waals surface area contributed by atoms with Crippen molar-refractivity contribution in [2.24, 2.45) is 18.9 Å². The Bertz CT molecular complexity index is 1670. The third kappa shape index (κ3) is 6.12. The Hall–Kier alpha value is -4.78. The largest absolute Gasteiger partial charge is 0.490 e. The van der Waals surface area contributed by atoms with Crippen molar-refractivity contribution in [2.45, 2.75) is 31.6 Å². The summed E-state index contributed by atoms with van der Waals surface area (Å²) in [5.41, 5.74) is 8.28. The molecule has 234 valence electrons. The van der Waals surface area contributed by atoms with Gasteiger partial charge in [-0.1, -0.05) is 48.5 Å². The Morgan fingerprint density at radius 3 is 2.09 bits per heavy atom. The number of aliphatic carboxylic acids is 1. The first-order valence-electron chi connectivity index (χ1n) is 14.5. The molecule has 1 saturated heterocycles. The van der Waals surface area contributed by atoms with Gasteiger partial charge < -0.3 is 15.2 Å². The number of carbonyl (C=O) groups is 2. The molecule has 1 unspecified atom stereocenters. The number of hydrogen-bond acceptors (Lipinski definition) is 7. The smallest absolute Gasteiger partial charge is 0.475 e. The first-order chi connectivity index (χ1) is 21.5. The average Bonchev–Trinajstić information content (AvgIpc) is 3.31. The van der Waals surface area contributed by atoms with E-state index in [1.807, 2.05) is 37.2 Å². The van der Waals surface area contributed by atoms with Crippen molar-refractivity contribution in [3.05, 3.63) is 89.4 Å². The fraction of sp³-hybridized carbons (Fsp3) is 0.344. The summed E-state index contributed by atoms with van der Waals surface area (Å²) in [4.78, 5) is 24.4. The van der Waals surface area contributed by atoms with E-state index in [0.29, 0.717) is 25.0 Å². The number of rotatable bonds is 6. The van der Waals surface area contributed by atoms with Gasteiger partial charge in [0, 0.05) is 43.9 Å². The number of nitrogens with one attached hydrogen (secondary N) is 1. The molecule has 1 saturated carbocycles. The molecular weight excluding hydrogens is 589 g/mol. The molecule has 1 aliphatic heterocycles. The fourth-order valence-corrected chi connectivity index (χ4v) is 6.43. The molecule has 45 heavy (non-hydrogen) atoms. The second-order valence-electron chi connectivity index (χ2n) is 11.4. The van der Waals surface area contributed by atoms with Gasteiger partial charge in [0.05, 0.1) is 23.6 Å². The van der Waals surface area contributed by atoms with Crippen molar-refractivity contribution >= 4 is 12.1 Å². The molecule has 7 rings (SSSR count). The summed E-state index contributed by atoms with van der Waals surface area (Å²) < 4.78 is 39.6. The van der Waals surface area contributed by atoms with E-state index in [1.54, 1.807) is 4.68 Å². The van der Waals surface area contributed by atoms with Crippen LogP contribution in [0.5, 0.6) is 0 Å². The first kappa shape index (κ1) is 30.3. The van der Waals surface area contributed by atoms with Crippen LogP contribution < -0.4 is 5.32 Å². The zero-order chi connectivity index (χ0) is 31.9. The highest BCUT2D eigenvalue weighted by atomic mass is 19.4. The number of carboxylic acids is 1.